The number of carbonyl (C=O) groups excluding carboxylic acids is 4. The van der Waals surface area contributed by atoms with Crippen molar-refractivity contribution in [1.82, 2.24) is 4.90 Å². The first-order chi connectivity index (χ1) is 17.3. The standard InChI is InChI=1S/C26H25N3O7/c30-21(27-18-7-4-8-19(13-18)29(34)35)14-36-26(33)20(11-15-5-2-1-3-6-15)28-24(31)22-16-9-10-17(12-16)23(22)25(28)32/h1-8,13,16-17,20,22-23H,9-12,14H2,(H,27,30)/t16-,17-,20-,22+,23+/m0/s1. The molecule has 5 atom stereocenters. The Morgan fingerprint density at radius 2 is 1.69 bits per heavy atom. The predicted molar refractivity (Wildman–Crippen MR) is 126 cm³/mol. The maximum Gasteiger partial charge on any atom is 0.330 e. The quantitative estimate of drug-likeness (QED) is 0.259. The summed E-state index contributed by atoms with van der Waals surface area (Å²) in [6.07, 6.45) is 2.80. The molecule has 10 nitrogen and oxygen atoms in total. The zero-order chi connectivity index (χ0) is 25.4. The first kappa shape index (κ1) is 23.7. The molecule has 0 aromatic heterocycles. The highest BCUT2D eigenvalue weighted by molar-refractivity contribution is 6.08. The second kappa shape index (κ2) is 9.52. The van der Waals surface area contributed by atoms with Gasteiger partial charge in [0, 0.05) is 24.2 Å². The zero-order valence-electron chi connectivity index (χ0n) is 19.4. The van der Waals surface area contributed by atoms with Crippen molar-refractivity contribution in [2.24, 2.45) is 23.7 Å². The van der Waals surface area contributed by atoms with Gasteiger partial charge in [0.1, 0.15) is 6.04 Å². The van der Waals surface area contributed by atoms with Crippen LogP contribution in [-0.2, 0) is 30.3 Å². The smallest absolute Gasteiger partial charge is 0.330 e. The van der Waals surface area contributed by atoms with Crippen LogP contribution in [-0.4, -0.2) is 46.2 Å². The molecule has 36 heavy (non-hydrogen) atoms. The molecule has 3 fully saturated rings. The first-order valence-corrected chi connectivity index (χ1v) is 11.9. The third-order valence-corrected chi connectivity index (χ3v) is 7.50. The number of hydrogen-bond donors (Lipinski definition) is 1. The Balaban J connectivity index is 1.30. The van der Waals surface area contributed by atoms with E-state index >= 15 is 0 Å². The molecular weight excluding hydrogens is 466 g/mol. The molecule has 2 aromatic carbocycles. The maximum absolute atomic E-state index is 13.4. The highest BCUT2D eigenvalue weighted by Crippen LogP contribution is 2.56. The second-order valence-corrected chi connectivity index (χ2v) is 9.60. The fraction of sp³-hybridized carbons (Fsp3) is 0.385. The topological polar surface area (TPSA) is 136 Å². The molecule has 1 saturated heterocycles. The normalized spacial score (nSPS) is 24.9. The largest absolute Gasteiger partial charge is 0.454 e. The fourth-order valence-electron chi connectivity index (χ4n) is 5.98. The lowest BCUT2D eigenvalue weighted by atomic mass is 9.81. The van der Waals surface area contributed by atoms with Crippen LogP contribution in [0.5, 0.6) is 0 Å². The van der Waals surface area contributed by atoms with Gasteiger partial charge in [-0.1, -0.05) is 36.4 Å². The van der Waals surface area contributed by atoms with Crippen LogP contribution >= 0.6 is 0 Å². The Morgan fingerprint density at radius 3 is 2.33 bits per heavy atom. The summed E-state index contributed by atoms with van der Waals surface area (Å²) in [4.78, 5) is 63.7. The molecule has 2 aliphatic carbocycles. The molecule has 2 saturated carbocycles. The minimum Gasteiger partial charge on any atom is -0.454 e. The summed E-state index contributed by atoms with van der Waals surface area (Å²) in [6.45, 7) is -0.666. The SMILES string of the molecule is O=C(COC(=O)[C@H](Cc1ccccc1)N1C(=O)[C@@H]2[C@H]3CC[C@@H](C3)[C@H]2C1=O)Nc1cccc([N+](=O)[O-])c1. The van der Waals surface area contributed by atoms with E-state index in [2.05, 4.69) is 5.32 Å². The monoisotopic (exact) mass is 491 g/mol. The van der Waals surface area contributed by atoms with Crippen LogP contribution in [0.2, 0.25) is 0 Å². The summed E-state index contributed by atoms with van der Waals surface area (Å²) in [5, 5.41) is 13.4. The lowest BCUT2D eigenvalue weighted by Gasteiger charge is -2.26. The van der Waals surface area contributed by atoms with Crippen LogP contribution in [0.1, 0.15) is 24.8 Å². The minimum atomic E-state index is -1.18. The molecule has 3 amide bonds. The highest BCUT2D eigenvalue weighted by atomic mass is 16.6. The van der Waals surface area contributed by atoms with E-state index in [9.17, 15) is 29.3 Å². The van der Waals surface area contributed by atoms with Crippen molar-refractivity contribution in [3.63, 3.8) is 0 Å². The summed E-state index contributed by atoms with van der Waals surface area (Å²) in [5.41, 5.74) is 0.735. The molecule has 2 bridgehead atoms. The van der Waals surface area contributed by atoms with Gasteiger partial charge in [0.2, 0.25) is 11.8 Å². The second-order valence-electron chi connectivity index (χ2n) is 9.60. The Hall–Kier alpha value is -4.08. The lowest BCUT2D eigenvalue weighted by Crippen LogP contribution is -2.48. The van der Waals surface area contributed by atoms with Gasteiger partial charge >= 0.3 is 5.97 Å². The van der Waals surface area contributed by atoms with E-state index in [1.807, 2.05) is 6.07 Å². The lowest BCUT2D eigenvalue weighted by molar-refractivity contribution is -0.384. The van der Waals surface area contributed by atoms with Crippen LogP contribution in [0, 0.1) is 33.8 Å². The van der Waals surface area contributed by atoms with Gasteiger partial charge in [-0.2, -0.15) is 0 Å². The number of ether oxygens (including phenoxy) is 1. The number of nitrogens with one attached hydrogen (secondary N) is 1. The van der Waals surface area contributed by atoms with Gasteiger partial charge in [0.05, 0.1) is 16.8 Å². The third-order valence-electron chi connectivity index (χ3n) is 7.50. The Bertz CT molecular complexity index is 1200. The van der Waals surface area contributed by atoms with Gasteiger partial charge in [-0.25, -0.2) is 4.79 Å². The van der Waals surface area contributed by atoms with E-state index in [4.69, 9.17) is 4.74 Å². The van der Waals surface area contributed by atoms with Crippen molar-refractivity contribution in [3.8, 4) is 0 Å². The number of benzene rings is 2. The number of fused-ring (bicyclic) bond motifs is 5. The number of rotatable bonds is 8. The summed E-state index contributed by atoms with van der Waals surface area (Å²) in [7, 11) is 0. The molecule has 1 N–H and O–H groups in total. The van der Waals surface area contributed by atoms with Crippen LogP contribution in [0.25, 0.3) is 0 Å². The highest BCUT2D eigenvalue weighted by Gasteiger charge is 2.62. The van der Waals surface area contributed by atoms with Gasteiger partial charge in [0.25, 0.3) is 11.6 Å². The number of hydrogen-bond acceptors (Lipinski definition) is 7. The van der Waals surface area contributed by atoms with Crippen LogP contribution < -0.4 is 5.32 Å². The first-order valence-electron chi connectivity index (χ1n) is 11.9. The molecule has 0 radical (unpaired) electrons. The Kier molecular flexibility index (Phi) is 6.26. The van der Waals surface area contributed by atoms with Gasteiger partial charge in [0.15, 0.2) is 6.61 Å². The fourth-order valence-corrected chi connectivity index (χ4v) is 5.98. The number of nitro benzene ring substituents is 1. The third kappa shape index (κ3) is 4.34. The number of nitrogens with zero attached hydrogens (tertiary/aromatic N) is 2. The molecule has 186 valence electrons. The number of esters is 1. The molecule has 1 aliphatic heterocycles. The number of imide groups is 1. The number of amides is 3. The van der Waals surface area contributed by atoms with Gasteiger partial charge in [-0.3, -0.25) is 29.4 Å². The van der Waals surface area contributed by atoms with E-state index in [1.165, 1.54) is 24.3 Å². The van der Waals surface area contributed by atoms with Gasteiger partial charge in [-0.15, -0.1) is 0 Å². The minimum absolute atomic E-state index is 0.0818. The Morgan fingerprint density at radius 1 is 1.03 bits per heavy atom. The van der Waals surface area contributed by atoms with Crippen molar-refractivity contribution in [1.29, 1.82) is 0 Å². The average Bonchev–Trinajstić information content (AvgIpc) is 3.56. The van der Waals surface area contributed by atoms with Crippen molar-refractivity contribution < 1.29 is 28.8 Å². The number of non-ortho nitro benzene ring substituents is 1. The molecule has 5 rings (SSSR count). The van der Waals surface area contributed by atoms with Crippen molar-refractivity contribution in [2.45, 2.75) is 31.7 Å². The van der Waals surface area contributed by atoms with Crippen LogP contribution in [0.15, 0.2) is 54.6 Å². The number of nitro groups is 1. The summed E-state index contributed by atoms with van der Waals surface area (Å²) in [5.74, 6) is -2.59. The molecule has 0 unspecified atom stereocenters. The van der Waals surface area contributed by atoms with E-state index < -0.39 is 29.4 Å². The summed E-state index contributed by atoms with van der Waals surface area (Å²) >= 11 is 0. The van der Waals surface area contributed by atoms with E-state index in [0.717, 1.165) is 29.7 Å². The molecule has 1 heterocycles. The predicted octanol–water partition coefficient (Wildman–Crippen LogP) is 2.72. The zero-order valence-corrected chi connectivity index (χ0v) is 19.4. The Labute approximate surface area is 206 Å². The van der Waals surface area contributed by atoms with Gasteiger partial charge in [-0.05, 0) is 42.7 Å². The van der Waals surface area contributed by atoms with Crippen molar-refractivity contribution in [3.05, 3.63) is 70.3 Å². The van der Waals surface area contributed by atoms with Crippen LogP contribution in [0.4, 0.5) is 11.4 Å². The number of anilines is 1. The van der Waals surface area contributed by atoms with Gasteiger partial charge < -0.3 is 10.1 Å². The number of carbonyl (C=O) groups is 4. The van der Waals surface area contributed by atoms with Crippen molar-refractivity contribution >= 4 is 35.1 Å². The van der Waals surface area contributed by atoms with E-state index in [1.54, 1.807) is 24.3 Å². The summed E-state index contributed by atoms with van der Waals surface area (Å²) in [6, 6.07) is 13.2. The molecule has 2 aromatic rings. The number of likely N-dealkylation sites (tertiary alicyclic amines) is 1. The molecule has 10 heteroatoms. The van der Waals surface area contributed by atoms with E-state index in [-0.39, 0.29) is 53.3 Å². The summed E-state index contributed by atoms with van der Waals surface area (Å²) < 4.78 is 5.26. The van der Waals surface area contributed by atoms with Crippen molar-refractivity contribution in [2.75, 3.05) is 11.9 Å². The van der Waals surface area contributed by atoms with Crippen LogP contribution in [0.3, 0.4) is 0 Å². The molecule has 0 spiro atoms. The molecular formula is C26H25N3O7. The average molecular weight is 492 g/mol. The molecule has 3 aliphatic rings. The maximum atomic E-state index is 13.4. The van der Waals surface area contributed by atoms with E-state index in [0.29, 0.717) is 0 Å².